The van der Waals surface area contributed by atoms with E-state index in [-0.39, 0.29) is 11.3 Å². The molecule has 1 aliphatic carbocycles. The summed E-state index contributed by atoms with van der Waals surface area (Å²) in [5, 5.41) is 0. The van der Waals surface area contributed by atoms with Gasteiger partial charge in [0, 0.05) is 32.8 Å². The zero-order valence-corrected chi connectivity index (χ0v) is 10.1. The minimum atomic E-state index is -0.345. The van der Waals surface area contributed by atoms with Crippen LogP contribution in [0, 0.1) is 5.41 Å². The zero-order valence-electron chi connectivity index (χ0n) is 10.1. The summed E-state index contributed by atoms with van der Waals surface area (Å²) in [5.41, 5.74) is 5.49. The van der Waals surface area contributed by atoms with Crippen molar-refractivity contribution in [3.63, 3.8) is 0 Å². The SMILES string of the molecule is CN(C(=O)C1(CN)CCOCC1)C1CCC1. The lowest BCUT2D eigenvalue weighted by molar-refractivity contribution is -0.149. The number of nitrogens with zero attached hydrogens (tertiary/aromatic N) is 1. The van der Waals surface area contributed by atoms with Crippen molar-refractivity contribution in [2.75, 3.05) is 26.8 Å². The van der Waals surface area contributed by atoms with Gasteiger partial charge in [0.15, 0.2) is 0 Å². The highest BCUT2D eigenvalue weighted by Crippen LogP contribution is 2.34. The van der Waals surface area contributed by atoms with Crippen LogP contribution < -0.4 is 5.73 Å². The van der Waals surface area contributed by atoms with Crippen molar-refractivity contribution in [2.45, 2.75) is 38.1 Å². The molecule has 0 aromatic heterocycles. The average molecular weight is 226 g/mol. The van der Waals surface area contributed by atoms with Crippen LogP contribution in [-0.4, -0.2) is 43.7 Å². The number of rotatable bonds is 3. The van der Waals surface area contributed by atoms with Gasteiger partial charge in [0.2, 0.25) is 5.91 Å². The van der Waals surface area contributed by atoms with Crippen LogP contribution in [-0.2, 0) is 9.53 Å². The molecule has 4 nitrogen and oxygen atoms in total. The number of hydrogen-bond donors (Lipinski definition) is 1. The summed E-state index contributed by atoms with van der Waals surface area (Å²) in [5.74, 6) is 0.239. The van der Waals surface area contributed by atoms with E-state index in [4.69, 9.17) is 10.5 Å². The summed E-state index contributed by atoms with van der Waals surface area (Å²) < 4.78 is 5.33. The fraction of sp³-hybridized carbons (Fsp3) is 0.917. The molecule has 2 rings (SSSR count). The second-order valence-electron chi connectivity index (χ2n) is 5.10. The standard InChI is InChI=1S/C12H22N2O2/c1-14(10-3-2-4-10)11(15)12(9-13)5-7-16-8-6-12/h10H,2-9,13H2,1H3. The van der Waals surface area contributed by atoms with Gasteiger partial charge >= 0.3 is 0 Å². The lowest BCUT2D eigenvalue weighted by Crippen LogP contribution is -2.53. The molecule has 0 unspecified atom stereocenters. The topological polar surface area (TPSA) is 55.6 Å². The third kappa shape index (κ3) is 1.96. The monoisotopic (exact) mass is 226 g/mol. The summed E-state index contributed by atoms with van der Waals surface area (Å²) in [6, 6.07) is 0.457. The molecule has 4 heteroatoms. The number of amides is 1. The van der Waals surface area contributed by atoms with Gasteiger partial charge in [-0.25, -0.2) is 0 Å². The van der Waals surface area contributed by atoms with Gasteiger partial charge in [0.1, 0.15) is 0 Å². The van der Waals surface area contributed by atoms with Gasteiger partial charge in [0.25, 0.3) is 0 Å². The zero-order chi connectivity index (χ0) is 11.6. The molecular formula is C12H22N2O2. The van der Waals surface area contributed by atoms with Crippen LogP contribution in [0.15, 0.2) is 0 Å². The number of carbonyl (C=O) groups is 1. The highest BCUT2D eigenvalue weighted by molar-refractivity contribution is 5.83. The predicted molar refractivity (Wildman–Crippen MR) is 61.9 cm³/mol. The maximum absolute atomic E-state index is 12.5. The van der Waals surface area contributed by atoms with Crippen LogP contribution in [0.3, 0.4) is 0 Å². The van der Waals surface area contributed by atoms with Crippen LogP contribution in [0.1, 0.15) is 32.1 Å². The van der Waals surface area contributed by atoms with Crippen molar-refractivity contribution in [1.82, 2.24) is 4.90 Å². The second kappa shape index (κ2) is 4.72. The van der Waals surface area contributed by atoms with Crippen molar-refractivity contribution < 1.29 is 9.53 Å². The lowest BCUT2D eigenvalue weighted by Gasteiger charge is -2.42. The summed E-state index contributed by atoms with van der Waals surface area (Å²) in [6.07, 6.45) is 5.11. The Hall–Kier alpha value is -0.610. The quantitative estimate of drug-likeness (QED) is 0.772. The predicted octanol–water partition coefficient (Wildman–Crippen LogP) is 0.753. The van der Waals surface area contributed by atoms with Gasteiger partial charge < -0.3 is 15.4 Å². The molecule has 16 heavy (non-hydrogen) atoms. The highest BCUT2D eigenvalue weighted by atomic mass is 16.5. The maximum Gasteiger partial charge on any atom is 0.230 e. The first kappa shape index (κ1) is 11.9. The minimum Gasteiger partial charge on any atom is -0.381 e. The van der Waals surface area contributed by atoms with E-state index in [0.29, 0.717) is 25.8 Å². The van der Waals surface area contributed by atoms with E-state index in [1.807, 2.05) is 11.9 Å². The van der Waals surface area contributed by atoms with E-state index in [1.54, 1.807) is 0 Å². The molecule has 2 aliphatic rings. The molecule has 0 radical (unpaired) electrons. The molecule has 92 valence electrons. The second-order valence-corrected chi connectivity index (χ2v) is 5.10. The normalized spacial score (nSPS) is 24.9. The minimum absolute atomic E-state index is 0.239. The summed E-state index contributed by atoms with van der Waals surface area (Å²) in [6.45, 7) is 1.79. The van der Waals surface area contributed by atoms with Crippen LogP contribution in [0.4, 0.5) is 0 Å². The van der Waals surface area contributed by atoms with E-state index < -0.39 is 0 Å². The average Bonchev–Trinajstić information content (AvgIpc) is 2.26. The third-order valence-corrected chi connectivity index (χ3v) is 4.24. The van der Waals surface area contributed by atoms with Crippen LogP contribution >= 0.6 is 0 Å². The molecule has 1 saturated heterocycles. The molecule has 2 fully saturated rings. The van der Waals surface area contributed by atoms with Crippen LogP contribution in [0.25, 0.3) is 0 Å². The summed E-state index contributed by atoms with van der Waals surface area (Å²) in [7, 11) is 1.93. The Morgan fingerprint density at radius 1 is 1.44 bits per heavy atom. The van der Waals surface area contributed by atoms with E-state index >= 15 is 0 Å². The number of carbonyl (C=O) groups excluding carboxylic acids is 1. The Bertz CT molecular complexity index is 258. The van der Waals surface area contributed by atoms with Gasteiger partial charge in [-0.15, -0.1) is 0 Å². The highest BCUT2D eigenvalue weighted by Gasteiger charge is 2.42. The summed E-state index contributed by atoms with van der Waals surface area (Å²) in [4.78, 5) is 14.4. The van der Waals surface area contributed by atoms with E-state index in [9.17, 15) is 4.79 Å². The van der Waals surface area contributed by atoms with Gasteiger partial charge in [-0.2, -0.15) is 0 Å². The number of hydrogen-bond acceptors (Lipinski definition) is 3. The third-order valence-electron chi connectivity index (χ3n) is 4.24. The summed E-state index contributed by atoms with van der Waals surface area (Å²) >= 11 is 0. The van der Waals surface area contributed by atoms with Gasteiger partial charge in [-0.05, 0) is 32.1 Å². The fourth-order valence-corrected chi connectivity index (χ4v) is 2.58. The maximum atomic E-state index is 12.5. The Balaban J connectivity index is 2.04. The van der Waals surface area contributed by atoms with Crippen LogP contribution in [0.5, 0.6) is 0 Å². The molecule has 1 saturated carbocycles. The first-order valence-corrected chi connectivity index (χ1v) is 6.25. The molecule has 0 bridgehead atoms. The molecule has 1 heterocycles. The molecule has 2 N–H and O–H groups in total. The van der Waals surface area contributed by atoms with Gasteiger partial charge in [0.05, 0.1) is 5.41 Å². The van der Waals surface area contributed by atoms with Crippen molar-refractivity contribution in [2.24, 2.45) is 11.1 Å². The van der Waals surface area contributed by atoms with Crippen molar-refractivity contribution in [3.05, 3.63) is 0 Å². The first-order chi connectivity index (χ1) is 7.69. The Morgan fingerprint density at radius 3 is 2.50 bits per heavy atom. The number of nitrogens with two attached hydrogens (primary N) is 1. The molecule has 1 aliphatic heterocycles. The first-order valence-electron chi connectivity index (χ1n) is 6.25. The number of ether oxygens (including phenoxy) is 1. The lowest BCUT2D eigenvalue weighted by atomic mass is 9.78. The van der Waals surface area contributed by atoms with E-state index in [0.717, 1.165) is 25.7 Å². The molecule has 0 spiro atoms. The Labute approximate surface area is 97.1 Å². The molecule has 0 aromatic rings. The Kier molecular flexibility index (Phi) is 3.50. The molecule has 1 amide bonds. The van der Waals surface area contributed by atoms with Crippen molar-refractivity contribution in [1.29, 1.82) is 0 Å². The largest absolute Gasteiger partial charge is 0.381 e. The van der Waals surface area contributed by atoms with Crippen LogP contribution in [0.2, 0.25) is 0 Å². The molecular weight excluding hydrogens is 204 g/mol. The van der Waals surface area contributed by atoms with E-state index in [1.165, 1.54) is 6.42 Å². The van der Waals surface area contributed by atoms with Gasteiger partial charge in [-0.3, -0.25) is 4.79 Å². The molecule has 0 aromatic carbocycles. The van der Waals surface area contributed by atoms with Crippen molar-refractivity contribution in [3.8, 4) is 0 Å². The van der Waals surface area contributed by atoms with E-state index in [2.05, 4.69) is 0 Å². The van der Waals surface area contributed by atoms with Crippen molar-refractivity contribution >= 4 is 5.91 Å². The smallest absolute Gasteiger partial charge is 0.230 e. The molecule has 0 atom stereocenters. The fourth-order valence-electron chi connectivity index (χ4n) is 2.58. The Morgan fingerprint density at radius 2 is 2.06 bits per heavy atom. The van der Waals surface area contributed by atoms with Gasteiger partial charge in [-0.1, -0.05) is 0 Å².